The van der Waals surface area contributed by atoms with Gasteiger partial charge in [0.15, 0.2) is 0 Å². The van der Waals surface area contributed by atoms with Crippen molar-refractivity contribution in [1.29, 1.82) is 0 Å². The van der Waals surface area contributed by atoms with Crippen LogP contribution in [0.5, 0.6) is 5.75 Å². The van der Waals surface area contributed by atoms with Crippen LogP contribution in [0.15, 0.2) is 30.3 Å². The quantitative estimate of drug-likeness (QED) is 0.716. The normalized spacial score (nSPS) is 10.4. The Hall–Kier alpha value is -1.77. The van der Waals surface area contributed by atoms with E-state index in [1.54, 1.807) is 6.08 Å². The van der Waals surface area contributed by atoms with Gasteiger partial charge >= 0.3 is 5.97 Å². The average molecular weight is 220 g/mol. The van der Waals surface area contributed by atoms with Gasteiger partial charge in [0.25, 0.3) is 0 Å². The first-order valence-electron chi connectivity index (χ1n) is 5.22. The maximum atomic E-state index is 10.8. The van der Waals surface area contributed by atoms with Gasteiger partial charge in [-0.3, -0.25) is 4.79 Å². The Morgan fingerprint density at radius 1 is 1.31 bits per heavy atom. The summed E-state index contributed by atoms with van der Waals surface area (Å²) in [4.78, 5) is 10.8. The first-order valence-corrected chi connectivity index (χ1v) is 5.22. The van der Waals surface area contributed by atoms with E-state index in [1.807, 2.05) is 37.3 Å². The molecule has 0 aromatic heterocycles. The summed E-state index contributed by atoms with van der Waals surface area (Å²) in [7, 11) is 1.38. The third-order valence-corrected chi connectivity index (χ3v) is 2.01. The number of methoxy groups -OCH3 is 1. The Morgan fingerprint density at radius 3 is 2.56 bits per heavy atom. The molecule has 1 aromatic rings. The Kier molecular flexibility index (Phi) is 5.12. The lowest BCUT2D eigenvalue weighted by atomic mass is 10.2. The van der Waals surface area contributed by atoms with Gasteiger partial charge in [0, 0.05) is 0 Å². The van der Waals surface area contributed by atoms with Crippen molar-refractivity contribution in [2.75, 3.05) is 13.7 Å². The van der Waals surface area contributed by atoms with Crippen molar-refractivity contribution >= 4 is 12.0 Å². The molecule has 0 spiro atoms. The van der Waals surface area contributed by atoms with Crippen molar-refractivity contribution in [3.05, 3.63) is 35.9 Å². The molecule has 0 heterocycles. The summed E-state index contributed by atoms with van der Waals surface area (Å²) in [6.45, 7) is 2.61. The third kappa shape index (κ3) is 4.17. The predicted octanol–water partition coefficient (Wildman–Crippen LogP) is 2.66. The molecule has 1 aromatic carbocycles. The van der Waals surface area contributed by atoms with E-state index in [1.165, 1.54) is 7.11 Å². The number of rotatable bonds is 5. The smallest absolute Gasteiger partial charge is 0.309 e. The first kappa shape index (κ1) is 12.3. The molecule has 0 N–H and O–H groups in total. The summed E-state index contributed by atoms with van der Waals surface area (Å²) < 4.78 is 9.85. The Morgan fingerprint density at radius 2 is 2.00 bits per heavy atom. The molecule has 0 aliphatic heterocycles. The lowest BCUT2D eigenvalue weighted by Crippen LogP contribution is -1.96. The van der Waals surface area contributed by atoms with Gasteiger partial charge in [0.1, 0.15) is 5.75 Å². The van der Waals surface area contributed by atoms with E-state index in [9.17, 15) is 4.79 Å². The molecule has 0 aliphatic rings. The Balaban J connectivity index is 2.51. The van der Waals surface area contributed by atoms with Gasteiger partial charge in [0.05, 0.1) is 20.1 Å². The lowest BCUT2D eigenvalue weighted by molar-refractivity contribution is -0.139. The van der Waals surface area contributed by atoms with Crippen molar-refractivity contribution in [3.63, 3.8) is 0 Å². The molecule has 16 heavy (non-hydrogen) atoms. The average Bonchev–Trinajstić information content (AvgIpc) is 2.31. The standard InChI is InChI=1S/C13H16O3/c1-3-16-12-9-7-11(8-10-12)5-4-6-13(14)15-2/h4-5,7-10H,3,6H2,1-2H3. The van der Waals surface area contributed by atoms with E-state index in [4.69, 9.17) is 4.74 Å². The molecular weight excluding hydrogens is 204 g/mol. The van der Waals surface area contributed by atoms with Crippen LogP contribution in [0.1, 0.15) is 18.9 Å². The maximum absolute atomic E-state index is 10.8. The zero-order valence-electron chi connectivity index (χ0n) is 9.60. The van der Waals surface area contributed by atoms with Crippen LogP contribution in [0.25, 0.3) is 6.08 Å². The fourth-order valence-corrected chi connectivity index (χ4v) is 1.22. The van der Waals surface area contributed by atoms with Crippen molar-refractivity contribution in [1.82, 2.24) is 0 Å². The first-order chi connectivity index (χ1) is 7.76. The topological polar surface area (TPSA) is 35.5 Å². The second-order valence-corrected chi connectivity index (χ2v) is 3.18. The minimum atomic E-state index is -0.234. The van der Waals surface area contributed by atoms with E-state index < -0.39 is 0 Å². The highest BCUT2D eigenvalue weighted by Gasteiger charge is 1.95. The van der Waals surface area contributed by atoms with Gasteiger partial charge in [-0.2, -0.15) is 0 Å². The number of hydrogen-bond acceptors (Lipinski definition) is 3. The molecule has 0 saturated heterocycles. The zero-order valence-corrected chi connectivity index (χ0v) is 9.60. The Bertz CT molecular complexity index is 352. The van der Waals surface area contributed by atoms with Gasteiger partial charge in [0.2, 0.25) is 0 Å². The van der Waals surface area contributed by atoms with E-state index in [0.29, 0.717) is 13.0 Å². The molecule has 0 fully saturated rings. The molecule has 0 atom stereocenters. The van der Waals surface area contributed by atoms with E-state index >= 15 is 0 Å². The van der Waals surface area contributed by atoms with Crippen LogP contribution in [-0.4, -0.2) is 19.7 Å². The molecule has 3 nitrogen and oxygen atoms in total. The molecule has 1 rings (SSSR count). The van der Waals surface area contributed by atoms with Crippen LogP contribution in [-0.2, 0) is 9.53 Å². The SMILES string of the molecule is CCOc1ccc(C=CCC(=O)OC)cc1. The molecule has 0 bridgehead atoms. The van der Waals surface area contributed by atoms with Crippen LogP contribution in [0.2, 0.25) is 0 Å². The van der Waals surface area contributed by atoms with Gasteiger partial charge < -0.3 is 9.47 Å². The second-order valence-electron chi connectivity index (χ2n) is 3.18. The summed E-state index contributed by atoms with van der Waals surface area (Å²) in [5.74, 6) is 0.620. The van der Waals surface area contributed by atoms with Crippen molar-refractivity contribution < 1.29 is 14.3 Å². The molecule has 3 heteroatoms. The molecule has 0 radical (unpaired) electrons. The number of ether oxygens (including phenoxy) is 2. The van der Waals surface area contributed by atoms with Crippen LogP contribution < -0.4 is 4.74 Å². The van der Waals surface area contributed by atoms with E-state index in [-0.39, 0.29) is 5.97 Å². The maximum Gasteiger partial charge on any atom is 0.309 e. The van der Waals surface area contributed by atoms with Gasteiger partial charge in [-0.15, -0.1) is 0 Å². The number of hydrogen-bond donors (Lipinski definition) is 0. The fourth-order valence-electron chi connectivity index (χ4n) is 1.22. The van der Waals surface area contributed by atoms with Gasteiger partial charge in [-0.25, -0.2) is 0 Å². The van der Waals surface area contributed by atoms with Crippen LogP contribution in [0.4, 0.5) is 0 Å². The molecular formula is C13H16O3. The summed E-state index contributed by atoms with van der Waals surface area (Å²) in [6.07, 6.45) is 3.96. The molecule has 0 amide bonds. The minimum absolute atomic E-state index is 0.234. The lowest BCUT2D eigenvalue weighted by Gasteiger charge is -2.02. The fraction of sp³-hybridized carbons (Fsp3) is 0.308. The molecule has 86 valence electrons. The van der Waals surface area contributed by atoms with Crippen LogP contribution in [0, 0.1) is 0 Å². The summed E-state index contributed by atoms with van der Waals surface area (Å²) >= 11 is 0. The number of carbonyl (C=O) groups excluding carboxylic acids is 1. The van der Waals surface area contributed by atoms with E-state index in [0.717, 1.165) is 11.3 Å². The number of esters is 1. The van der Waals surface area contributed by atoms with Gasteiger partial charge in [-0.05, 0) is 24.6 Å². The number of carbonyl (C=O) groups is 1. The van der Waals surface area contributed by atoms with Crippen LogP contribution in [0.3, 0.4) is 0 Å². The second kappa shape index (κ2) is 6.67. The largest absolute Gasteiger partial charge is 0.494 e. The minimum Gasteiger partial charge on any atom is -0.494 e. The van der Waals surface area contributed by atoms with Crippen molar-refractivity contribution in [3.8, 4) is 5.75 Å². The zero-order chi connectivity index (χ0) is 11.8. The third-order valence-electron chi connectivity index (χ3n) is 2.01. The van der Waals surface area contributed by atoms with Gasteiger partial charge in [-0.1, -0.05) is 24.3 Å². The predicted molar refractivity (Wildman–Crippen MR) is 63.3 cm³/mol. The van der Waals surface area contributed by atoms with E-state index in [2.05, 4.69) is 4.74 Å². The summed E-state index contributed by atoms with van der Waals surface area (Å²) in [6, 6.07) is 7.69. The summed E-state index contributed by atoms with van der Waals surface area (Å²) in [5.41, 5.74) is 1.03. The number of benzene rings is 1. The molecule has 0 unspecified atom stereocenters. The highest BCUT2D eigenvalue weighted by molar-refractivity contribution is 5.72. The monoisotopic (exact) mass is 220 g/mol. The van der Waals surface area contributed by atoms with Crippen molar-refractivity contribution in [2.45, 2.75) is 13.3 Å². The molecule has 0 saturated carbocycles. The van der Waals surface area contributed by atoms with Crippen molar-refractivity contribution in [2.24, 2.45) is 0 Å². The molecule has 0 aliphatic carbocycles. The Labute approximate surface area is 95.7 Å². The van der Waals surface area contributed by atoms with Crippen LogP contribution >= 0.6 is 0 Å². The summed E-state index contributed by atoms with van der Waals surface area (Å²) in [5, 5.41) is 0. The highest BCUT2D eigenvalue weighted by atomic mass is 16.5. The highest BCUT2D eigenvalue weighted by Crippen LogP contribution is 2.13.